The first-order chi connectivity index (χ1) is 7.43. The van der Waals surface area contributed by atoms with E-state index in [4.69, 9.17) is 0 Å². The van der Waals surface area contributed by atoms with Crippen molar-refractivity contribution in [3.05, 3.63) is 16.1 Å². The van der Waals surface area contributed by atoms with Crippen LogP contribution < -0.4 is 5.32 Å². The molecule has 92 valence electrons. The zero-order valence-corrected chi connectivity index (χ0v) is 10.1. The molecule has 0 fully saturated rings. The Morgan fingerprint density at radius 3 is 2.69 bits per heavy atom. The minimum atomic E-state index is -4.33. The number of nitrogens with zero attached hydrogens (tertiary/aromatic N) is 1. The second-order valence-electron chi connectivity index (χ2n) is 3.77. The average Bonchev–Trinajstić information content (AvgIpc) is 2.65. The fourth-order valence-electron chi connectivity index (χ4n) is 1.09. The summed E-state index contributed by atoms with van der Waals surface area (Å²) in [6.45, 7) is 5.38. The molecule has 1 aromatic rings. The largest absolute Gasteiger partial charge is 0.434 e. The molecule has 0 aliphatic rings. The Morgan fingerprint density at radius 1 is 1.50 bits per heavy atom. The molecule has 1 heterocycles. The van der Waals surface area contributed by atoms with E-state index >= 15 is 0 Å². The predicted octanol–water partition coefficient (Wildman–Crippen LogP) is 3.30. The summed E-state index contributed by atoms with van der Waals surface area (Å²) in [5.41, 5.74) is -0.794. The molecule has 0 aliphatic carbocycles. The summed E-state index contributed by atoms with van der Waals surface area (Å²) >= 11 is 1.04. The summed E-state index contributed by atoms with van der Waals surface area (Å²) in [7, 11) is 0. The fraction of sp³-hybridized carbons (Fsp3) is 0.700. The molecule has 16 heavy (non-hydrogen) atoms. The van der Waals surface area contributed by atoms with Crippen LogP contribution in [-0.4, -0.2) is 11.5 Å². The van der Waals surface area contributed by atoms with Gasteiger partial charge in [-0.3, -0.25) is 0 Å². The Balaban J connectivity index is 2.41. The molecule has 1 atom stereocenters. The first kappa shape index (κ1) is 13.4. The number of hydrogen-bond donors (Lipinski definition) is 1. The van der Waals surface area contributed by atoms with Crippen LogP contribution in [0.25, 0.3) is 0 Å². The van der Waals surface area contributed by atoms with Gasteiger partial charge in [0.15, 0.2) is 5.69 Å². The van der Waals surface area contributed by atoms with E-state index in [-0.39, 0.29) is 0 Å². The standard InChI is InChI=1S/C10H15F3N2S/c1-3-7(2)4-14-5-9-15-8(6-16-9)10(11,12)13/h6-7,14H,3-5H2,1-2H3. The van der Waals surface area contributed by atoms with E-state index in [1.807, 2.05) is 0 Å². The van der Waals surface area contributed by atoms with Crippen LogP contribution in [0.1, 0.15) is 31.0 Å². The first-order valence-electron chi connectivity index (χ1n) is 5.15. The molecule has 1 rings (SSSR count). The molecule has 1 unspecified atom stereocenters. The molecule has 0 saturated carbocycles. The van der Waals surface area contributed by atoms with Crippen molar-refractivity contribution in [1.82, 2.24) is 10.3 Å². The van der Waals surface area contributed by atoms with Crippen molar-refractivity contribution in [1.29, 1.82) is 0 Å². The summed E-state index contributed by atoms with van der Waals surface area (Å²) in [6.07, 6.45) is -3.27. The molecular formula is C10H15F3N2S. The molecule has 0 saturated heterocycles. The molecule has 0 amide bonds. The third-order valence-electron chi connectivity index (χ3n) is 2.31. The fourth-order valence-corrected chi connectivity index (χ4v) is 1.86. The maximum atomic E-state index is 12.2. The van der Waals surface area contributed by atoms with Crippen molar-refractivity contribution in [2.75, 3.05) is 6.54 Å². The Labute approximate surface area is 96.9 Å². The number of thiazole rings is 1. The second kappa shape index (κ2) is 5.63. The SMILES string of the molecule is CCC(C)CNCc1nc(C(F)(F)F)cs1. The quantitative estimate of drug-likeness (QED) is 0.869. The minimum Gasteiger partial charge on any atom is -0.310 e. The zero-order chi connectivity index (χ0) is 12.2. The third-order valence-corrected chi connectivity index (χ3v) is 3.16. The molecule has 2 nitrogen and oxygen atoms in total. The van der Waals surface area contributed by atoms with Gasteiger partial charge in [-0.15, -0.1) is 11.3 Å². The lowest BCUT2D eigenvalue weighted by Crippen LogP contribution is -2.20. The van der Waals surface area contributed by atoms with Crippen molar-refractivity contribution in [3.8, 4) is 0 Å². The van der Waals surface area contributed by atoms with E-state index in [2.05, 4.69) is 24.1 Å². The van der Waals surface area contributed by atoms with Gasteiger partial charge in [-0.25, -0.2) is 4.98 Å². The highest BCUT2D eigenvalue weighted by atomic mass is 32.1. The van der Waals surface area contributed by atoms with Crippen molar-refractivity contribution in [2.24, 2.45) is 5.92 Å². The van der Waals surface area contributed by atoms with Crippen LogP contribution in [0.15, 0.2) is 5.38 Å². The highest BCUT2D eigenvalue weighted by Gasteiger charge is 2.33. The normalized spacial score (nSPS) is 14.1. The van der Waals surface area contributed by atoms with Gasteiger partial charge < -0.3 is 5.32 Å². The second-order valence-corrected chi connectivity index (χ2v) is 4.71. The Kier molecular flexibility index (Phi) is 4.73. The van der Waals surface area contributed by atoms with Crippen LogP contribution in [0.2, 0.25) is 0 Å². The van der Waals surface area contributed by atoms with Crippen molar-refractivity contribution in [3.63, 3.8) is 0 Å². The summed E-state index contributed by atoms with van der Waals surface area (Å²) in [5.74, 6) is 0.530. The third kappa shape index (κ3) is 4.09. The summed E-state index contributed by atoms with van der Waals surface area (Å²) in [5, 5.41) is 4.64. The van der Waals surface area contributed by atoms with Crippen molar-refractivity contribution < 1.29 is 13.2 Å². The average molecular weight is 252 g/mol. The van der Waals surface area contributed by atoms with E-state index in [0.717, 1.165) is 29.7 Å². The van der Waals surface area contributed by atoms with Gasteiger partial charge in [0, 0.05) is 11.9 Å². The Hall–Kier alpha value is -0.620. The van der Waals surface area contributed by atoms with Crippen molar-refractivity contribution >= 4 is 11.3 Å². The van der Waals surface area contributed by atoms with Gasteiger partial charge in [-0.1, -0.05) is 20.3 Å². The van der Waals surface area contributed by atoms with Gasteiger partial charge in [-0.05, 0) is 12.5 Å². The van der Waals surface area contributed by atoms with Crippen molar-refractivity contribution in [2.45, 2.75) is 33.0 Å². The Bertz CT molecular complexity index is 322. The van der Waals surface area contributed by atoms with Crippen LogP contribution in [0.5, 0.6) is 0 Å². The molecule has 0 spiro atoms. The number of rotatable bonds is 5. The molecule has 0 aromatic carbocycles. The predicted molar refractivity (Wildman–Crippen MR) is 58.3 cm³/mol. The lowest BCUT2D eigenvalue weighted by Gasteiger charge is -2.08. The summed E-state index contributed by atoms with van der Waals surface area (Å²) in [6, 6.07) is 0. The van der Waals surface area contributed by atoms with Gasteiger partial charge in [0.1, 0.15) is 5.01 Å². The van der Waals surface area contributed by atoms with Gasteiger partial charge in [0.2, 0.25) is 0 Å². The number of hydrogen-bond acceptors (Lipinski definition) is 3. The monoisotopic (exact) mass is 252 g/mol. The van der Waals surface area contributed by atoms with Crippen LogP contribution in [0.4, 0.5) is 13.2 Å². The highest BCUT2D eigenvalue weighted by Crippen LogP contribution is 2.29. The molecule has 0 radical (unpaired) electrons. The summed E-state index contributed by atoms with van der Waals surface area (Å²) < 4.78 is 36.7. The molecule has 0 aliphatic heterocycles. The lowest BCUT2D eigenvalue weighted by atomic mass is 10.1. The Morgan fingerprint density at radius 2 is 2.19 bits per heavy atom. The number of halogens is 3. The minimum absolute atomic E-state index is 0.408. The van der Waals surface area contributed by atoms with Crippen LogP contribution in [0, 0.1) is 5.92 Å². The smallest absolute Gasteiger partial charge is 0.310 e. The summed E-state index contributed by atoms with van der Waals surface area (Å²) in [4.78, 5) is 3.54. The molecule has 1 N–H and O–H groups in total. The zero-order valence-electron chi connectivity index (χ0n) is 9.27. The van der Waals surface area contributed by atoms with Crippen LogP contribution in [0.3, 0.4) is 0 Å². The van der Waals surface area contributed by atoms with Gasteiger partial charge >= 0.3 is 6.18 Å². The molecule has 0 bridgehead atoms. The first-order valence-corrected chi connectivity index (χ1v) is 6.03. The van der Waals surface area contributed by atoms with E-state index in [1.54, 1.807) is 0 Å². The van der Waals surface area contributed by atoms with Gasteiger partial charge in [-0.2, -0.15) is 13.2 Å². The lowest BCUT2D eigenvalue weighted by molar-refractivity contribution is -0.140. The van der Waals surface area contributed by atoms with Gasteiger partial charge in [0.05, 0.1) is 0 Å². The van der Waals surface area contributed by atoms with Crippen LogP contribution in [-0.2, 0) is 12.7 Å². The van der Waals surface area contributed by atoms with E-state index in [0.29, 0.717) is 17.5 Å². The highest BCUT2D eigenvalue weighted by molar-refractivity contribution is 7.09. The van der Waals surface area contributed by atoms with E-state index < -0.39 is 11.9 Å². The number of aromatic nitrogens is 1. The van der Waals surface area contributed by atoms with E-state index in [9.17, 15) is 13.2 Å². The van der Waals surface area contributed by atoms with E-state index in [1.165, 1.54) is 0 Å². The number of alkyl halides is 3. The topological polar surface area (TPSA) is 24.9 Å². The maximum Gasteiger partial charge on any atom is 0.434 e. The number of nitrogens with one attached hydrogen (secondary N) is 1. The molecule has 6 heteroatoms. The molecule has 1 aromatic heterocycles. The maximum absolute atomic E-state index is 12.2. The van der Waals surface area contributed by atoms with Crippen LogP contribution >= 0.6 is 11.3 Å². The molecular weight excluding hydrogens is 237 g/mol. The van der Waals surface area contributed by atoms with Gasteiger partial charge in [0.25, 0.3) is 0 Å².